The Morgan fingerprint density at radius 1 is 1.64 bits per heavy atom. The van der Waals surface area contributed by atoms with Crippen molar-refractivity contribution in [2.24, 2.45) is 0 Å². The van der Waals surface area contributed by atoms with Gasteiger partial charge in [-0.3, -0.25) is 4.98 Å². The van der Waals surface area contributed by atoms with Crippen LogP contribution in [-0.4, -0.2) is 30.4 Å². The summed E-state index contributed by atoms with van der Waals surface area (Å²) in [7, 11) is -3.72. The monoisotopic (exact) mass is 217 g/mol. The summed E-state index contributed by atoms with van der Waals surface area (Å²) in [6.45, 7) is 1.38. The Labute approximate surface area is 82.5 Å². The third kappa shape index (κ3) is 3.71. The summed E-state index contributed by atoms with van der Waals surface area (Å²) in [5.74, 6) is -0.282. The molecule has 0 bridgehead atoms. The Morgan fingerprint density at radius 2 is 2.36 bits per heavy atom. The second-order valence-corrected chi connectivity index (χ2v) is 4.46. The van der Waals surface area contributed by atoms with Crippen LogP contribution in [-0.2, 0) is 10.1 Å². The maximum absolute atomic E-state index is 11.2. The van der Waals surface area contributed by atoms with Gasteiger partial charge in [-0.1, -0.05) is 0 Å². The Bertz CT molecular complexity index is 374. The molecule has 0 aromatic carbocycles. The fourth-order valence-electron chi connectivity index (χ4n) is 0.872. The Kier molecular flexibility index (Phi) is 3.43. The average Bonchev–Trinajstić information content (AvgIpc) is 2.02. The molecule has 1 aromatic rings. The lowest BCUT2D eigenvalue weighted by Crippen LogP contribution is -2.22. The number of hydrogen-bond donors (Lipinski definition) is 1. The van der Waals surface area contributed by atoms with Gasteiger partial charge in [0.15, 0.2) is 5.75 Å². The molecule has 0 radical (unpaired) electrons. The topological polar surface area (TPSA) is 76.5 Å². The molecule has 0 saturated heterocycles. The highest BCUT2D eigenvalue weighted by Gasteiger charge is 2.15. The summed E-state index contributed by atoms with van der Waals surface area (Å²) >= 11 is 0. The minimum atomic E-state index is -3.72. The number of aromatic nitrogens is 1. The van der Waals surface area contributed by atoms with Crippen molar-refractivity contribution < 1.29 is 17.7 Å². The van der Waals surface area contributed by atoms with E-state index in [-0.39, 0.29) is 5.75 Å². The Hall–Kier alpha value is -1.14. The van der Waals surface area contributed by atoms with Gasteiger partial charge in [0.1, 0.15) is 5.75 Å². The lowest BCUT2D eigenvalue weighted by molar-refractivity contribution is 0.215. The highest BCUT2D eigenvalue weighted by molar-refractivity contribution is 7.87. The second-order valence-electron chi connectivity index (χ2n) is 2.85. The molecule has 0 saturated carbocycles. The van der Waals surface area contributed by atoms with Gasteiger partial charge in [-0.2, -0.15) is 8.42 Å². The number of aliphatic hydroxyl groups excluding tert-OH is 1. The Morgan fingerprint density at radius 3 is 2.86 bits per heavy atom. The van der Waals surface area contributed by atoms with Gasteiger partial charge < -0.3 is 9.29 Å². The van der Waals surface area contributed by atoms with E-state index in [1.54, 1.807) is 6.07 Å². The number of aliphatic hydroxyl groups is 1. The van der Waals surface area contributed by atoms with Crippen LogP contribution >= 0.6 is 0 Å². The summed E-state index contributed by atoms with van der Waals surface area (Å²) in [4.78, 5) is 3.70. The number of pyridine rings is 1. The molecule has 5 nitrogen and oxygen atoms in total. The fraction of sp³-hybridized carbons (Fsp3) is 0.375. The van der Waals surface area contributed by atoms with E-state index < -0.39 is 22.0 Å². The van der Waals surface area contributed by atoms with Gasteiger partial charge in [0.05, 0.1) is 12.3 Å². The molecule has 1 rings (SSSR count). The van der Waals surface area contributed by atoms with E-state index in [9.17, 15) is 8.42 Å². The van der Waals surface area contributed by atoms with Crippen LogP contribution in [0.1, 0.15) is 6.92 Å². The van der Waals surface area contributed by atoms with Crippen LogP contribution in [0.5, 0.6) is 5.75 Å². The van der Waals surface area contributed by atoms with Crippen molar-refractivity contribution in [3.05, 3.63) is 24.5 Å². The van der Waals surface area contributed by atoms with E-state index in [0.717, 1.165) is 0 Å². The van der Waals surface area contributed by atoms with E-state index in [1.165, 1.54) is 25.4 Å². The van der Waals surface area contributed by atoms with Crippen LogP contribution in [0, 0.1) is 0 Å². The van der Waals surface area contributed by atoms with Crippen molar-refractivity contribution in [1.82, 2.24) is 4.98 Å². The minimum absolute atomic E-state index is 0.146. The molecule has 0 amide bonds. The van der Waals surface area contributed by atoms with Crippen molar-refractivity contribution in [1.29, 1.82) is 0 Å². The SMILES string of the molecule is CC(O)CS(=O)(=O)Oc1cccnc1. The summed E-state index contributed by atoms with van der Waals surface area (Å²) in [5.41, 5.74) is 0. The third-order valence-electron chi connectivity index (χ3n) is 1.30. The molecular weight excluding hydrogens is 206 g/mol. The zero-order chi connectivity index (χ0) is 10.6. The van der Waals surface area contributed by atoms with E-state index in [0.29, 0.717) is 0 Å². The first kappa shape index (κ1) is 10.9. The molecule has 1 aromatic heterocycles. The number of hydrogen-bond acceptors (Lipinski definition) is 5. The van der Waals surface area contributed by atoms with Gasteiger partial charge in [0.2, 0.25) is 0 Å². The van der Waals surface area contributed by atoms with Crippen molar-refractivity contribution in [3.63, 3.8) is 0 Å². The number of nitrogens with zero attached hydrogens (tertiary/aromatic N) is 1. The largest absolute Gasteiger partial charge is 0.392 e. The van der Waals surface area contributed by atoms with Crippen LogP contribution in [0.3, 0.4) is 0 Å². The predicted octanol–water partition coefficient (Wildman–Crippen LogP) is 0.171. The van der Waals surface area contributed by atoms with Gasteiger partial charge in [0.25, 0.3) is 0 Å². The second kappa shape index (κ2) is 4.39. The van der Waals surface area contributed by atoms with Crippen LogP contribution in [0.25, 0.3) is 0 Å². The lowest BCUT2D eigenvalue weighted by atomic mass is 10.5. The molecular formula is C8H11NO4S. The van der Waals surface area contributed by atoms with Crippen molar-refractivity contribution in [2.75, 3.05) is 5.75 Å². The molecule has 1 N–H and O–H groups in total. The van der Waals surface area contributed by atoms with E-state index in [4.69, 9.17) is 5.11 Å². The lowest BCUT2D eigenvalue weighted by Gasteiger charge is -2.07. The van der Waals surface area contributed by atoms with E-state index >= 15 is 0 Å². The average molecular weight is 217 g/mol. The van der Waals surface area contributed by atoms with Crippen molar-refractivity contribution in [2.45, 2.75) is 13.0 Å². The molecule has 14 heavy (non-hydrogen) atoms. The molecule has 1 atom stereocenters. The minimum Gasteiger partial charge on any atom is -0.392 e. The molecule has 0 aliphatic heterocycles. The zero-order valence-electron chi connectivity index (χ0n) is 7.62. The molecule has 0 fully saturated rings. The van der Waals surface area contributed by atoms with Gasteiger partial charge in [-0.25, -0.2) is 0 Å². The smallest absolute Gasteiger partial charge is 0.311 e. The van der Waals surface area contributed by atoms with Gasteiger partial charge in [-0.05, 0) is 19.1 Å². The van der Waals surface area contributed by atoms with Crippen LogP contribution in [0.2, 0.25) is 0 Å². The van der Waals surface area contributed by atoms with Crippen LogP contribution in [0.4, 0.5) is 0 Å². The van der Waals surface area contributed by atoms with Crippen LogP contribution < -0.4 is 4.18 Å². The highest BCUT2D eigenvalue weighted by Crippen LogP contribution is 2.10. The highest BCUT2D eigenvalue weighted by atomic mass is 32.2. The maximum Gasteiger partial charge on any atom is 0.311 e. The fourth-order valence-corrected chi connectivity index (χ4v) is 1.92. The number of rotatable bonds is 4. The van der Waals surface area contributed by atoms with E-state index in [2.05, 4.69) is 9.17 Å². The van der Waals surface area contributed by atoms with Gasteiger partial charge in [0, 0.05) is 6.20 Å². The first-order chi connectivity index (χ1) is 6.49. The van der Waals surface area contributed by atoms with Gasteiger partial charge in [-0.15, -0.1) is 0 Å². The molecule has 0 aliphatic rings. The summed E-state index contributed by atoms with van der Waals surface area (Å²) < 4.78 is 27.1. The first-order valence-electron chi connectivity index (χ1n) is 4.00. The van der Waals surface area contributed by atoms with Gasteiger partial charge >= 0.3 is 10.1 Å². The summed E-state index contributed by atoms with van der Waals surface area (Å²) in [6.07, 6.45) is 1.85. The Balaban J connectivity index is 2.70. The van der Waals surface area contributed by atoms with Crippen molar-refractivity contribution >= 4 is 10.1 Å². The molecule has 0 aliphatic carbocycles. The predicted molar refractivity (Wildman–Crippen MR) is 50.3 cm³/mol. The molecule has 78 valence electrons. The quantitative estimate of drug-likeness (QED) is 0.727. The summed E-state index contributed by atoms with van der Waals surface area (Å²) in [5, 5.41) is 8.89. The van der Waals surface area contributed by atoms with Crippen molar-refractivity contribution in [3.8, 4) is 5.75 Å². The molecule has 0 spiro atoms. The zero-order valence-corrected chi connectivity index (χ0v) is 8.44. The maximum atomic E-state index is 11.2. The van der Waals surface area contributed by atoms with E-state index in [1.807, 2.05) is 0 Å². The first-order valence-corrected chi connectivity index (χ1v) is 5.57. The molecule has 6 heteroatoms. The normalized spacial score (nSPS) is 13.6. The third-order valence-corrected chi connectivity index (χ3v) is 2.64. The molecule has 1 heterocycles. The van der Waals surface area contributed by atoms with Crippen LogP contribution in [0.15, 0.2) is 24.5 Å². The molecule has 1 unspecified atom stereocenters. The standard InChI is InChI=1S/C8H11NO4S/c1-7(10)6-14(11,12)13-8-3-2-4-9-5-8/h2-5,7,10H,6H2,1H3. The summed E-state index contributed by atoms with van der Waals surface area (Å²) in [6, 6.07) is 3.04.